The minimum atomic E-state index is -0.604. The molecule has 0 heterocycles. The molecule has 128 valence electrons. The summed E-state index contributed by atoms with van der Waals surface area (Å²) in [6.45, 7) is 9.99. The Labute approximate surface area is 149 Å². The van der Waals surface area contributed by atoms with Crippen LogP contribution in [-0.2, 0) is 4.79 Å². The second-order valence-corrected chi connectivity index (χ2v) is 6.74. The third kappa shape index (κ3) is 4.30. The molecular weight excluding hydrogens is 322 g/mol. The van der Waals surface area contributed by atoms with Crippen LogP contribution in [0.4, 0.5) is 5.69 Å². The molecule has 0 saturated carbocycles. The van der Waals surface area contributed by atoms with E-state index in [2.05, 4.69) is 32.2 Å². The van der Waals surface area contributed by atoms with Crippen LogP contribution >= 0.6 is 11.6 Å². The molecule has 24 heavy (non-hydrogen) atoms. The molecule has 0 aliphatic carbocycles. The van der Waals surface area contributed by atoms with Gasteiger partial charge in [-0.05, 0) is 67.6 Å². The number of carbonyl (C=O) groups is 1. The minimum absolute atomic E-state index is 0.203. The molecule has 3 nitrogen and oxygen atoms in total. The van der Waals surface area contributed by atoms with Gasteiger partial charge >= 0.3 is 0 Å². The average molecular weight is 346 g/mol. The number of amides is 1. The first-order valence-corrected chi connectivity index (χ1v) is 8.50. The number of carbonyl (C=O) groups excluding carboxylic acids is 1. The molecular formula is C20H24ClNO2. The number of hydrogen-bond acceptors (Lipinski definition) is 2. The zero-order valence-corrected chi connectivity index (χ0v) is 15.6. The minimum Gasteiger partial charge on any atom is -0.481 e. The largest absolute Gasteiger partial charge is 0.481 e. The van der Waals surface area contributed by atoms with Gasteiger partial charge in [-0.2, -0.15) is 0 Å². The van der Waals surface area contributed by atoms with Gasteiger partial charge in [-0.1, -0.05) is 37.6 Å². The van der Waals surface area contributed by atoms with Crippen molar-refractivity contribution in [2.75, 3.05) is 5.32 Å². The molecule has 1 N–H and O–H groups in total. The van der Waals surface area contributed by atoms with E-state index in [1.807, 2.05) is 31.2 Å². The molecule has 2 rings (SSSR count). The lowest BCUT2D eigenvalue weighted by atomic mass is 9.98. The van der Waals surface area contributed by atoms with Gasteiger partial charge in [-0.25, -0.2) is 0 Å². The van der Waals surface area contributed by atoms with E-state index in [1.165, 1.54) is 11.1 Å². The number of halogens is 1. The highest BCUT2D eigenvalue weighted by Gasteiger charge is 2.17. The van der Waals surface area contributed by atoms with Crippen molar-refractivity contribution in [3.05, 3.63) is 58.1 Å². The Morgan fingerprint density at radius 1 is 1.12 bits per heavy atom. The van der Waals surface area contributed by atoms with E-state index in [0.717, 1.165) is 5.56 Å². The molecule has 0 aromatic heterocycles. The molecule has 1 amide bonds. The molecule has 1 unspecified atom stereocenters. The monoisotopic (exact) mass is 345 g/mol. The number of nitrogens with one attached hydrogen (secondary N) is 1. The van der Waals surface area contributed by atoms with Gasteiger partial charge in [0.05, 0.1) is 0 Å². The molecule has 4 heteroatoms. The van der Waals surface area contributed by atoms with Crippen LogP contribution in [0.25, 0.3) is 0 Å². The summed E-state index contributed by atoms with van der Waals surface area (Å²) >= 11 is 6.08. The van der Waals surface area contributed by atoms with Gasteiger partial charge in [0.2, 0.25) is 0 Å². The highest BCUT2D eigenvalue weighted by atomic mass is 35.5. The van der Waals surface area contributed by atoms with E-state index >= 15 is 0 Å². The number of anilines is 1. The van der Waals surface area contributed by atoms with Crippen molar-refractivity contribution in [1.29, 1.82) is 0 Å². The van der Waals surface area contributed by atoms with E-state index in [1.54, 1.807) is 13.0 Å². The summed E-state index contributed by atoms with van der Waals surface area (Å²) in [6.07, 6.45) is -0.604. The maximum atomic E-state index is 12.4. The van der Waals surface area contributed by atoms with Gasteiger partial charge in [-0.15, -0.1) is 0 Å². The van der Waals surface area contributed by atoms with Crippen molar-refractivity contribution >= 4 is 23.2 Å². The third-order valence-corrected chi connectivity index (χ3v) is 4.48. The Balaban J connectivity index is 2.06. The summed E-state index contributed by atoms with van der Waals surface area (Å²) in [4.78, 5) is 12.4. The summed E-state index contributed by atoms with van der Waals surface area (Å²) in [5, 5.41) is 3.49. The molecule has 0 aliphatic heterocycles. The fourth-order valence-electron chi connectivity index (χ4n) is 2.60. The van der Waals surface area contributed by atoms with Gasteiger partial charge in [0.15, 0.2) is 6.10 Å². The van der Waals surface area contributed by atoms with Crippen molar-refractivity contribution in [2.24, 2.45) is 0 Å². The van der Waals surface area contributed by atoms with Crippen molar-refractivity contribution in [1.82, 2.24) is 0 Å². The number of rotatable bonds is 5. The number of hydrogen-bond donors (Lipinski definition) is 1. The molecule has 0 bridgehead atoms. The van der Waals surface area contributed by atoms with Crippen molar-refractivity contribution in [3.8, 4) is 5.75 Å². The highest BCUT2D eigenvalue weighted by molar-refractivity contribution is 6.31. The summed E-state index contributed by atoms with van der Waals surface area (Å²) in [5.74, 6) is 0.957. The van der Waals surface area contributed by atoms with E-state index in [0.29, 0.717) is 22.4 Å². The van der Waals surface area contributed by atoms with Crippen LogP contribution in [0.2, 0.25) is 5.02 Å². The van der Waals surface area contributed by atoms with Crippen LogP contribution in [0, 0.1) is 13.8 Å². The van der Waals surface area contributed by atoms with Crippen LogP contribution < -0.4 is 10.1 Å². The van der Waals surface area contributed by atoms with Crippen LogP contribution in [0.1, 0.15) is 43.4 Å². The average Bonchev–Trinajstić information content (AvgIpc) is 2.51. The standard InChI is InChI=1S/C20H24ClNO2/c1-12(2)17-10-9-16(11-13(17)3)24-15(5)20(23)22-19-8-6-7-18(21)14(19)4/h6-12,15H,1-5H3,(H,22,23). The predicted octanol–water partition coefficient (Wildman–Crippen LogP) is 5.49. The number of benzene rings is 2. The SMILES string of the molecule is Cc1cc(OC(C)C(=O)Nc2cccc(Cl)c2C)ccc1C(C)C. The first kappa shape index (κ1) is 18.3. The fourth-order valence-corrected chi connectivity index (χ4v) is 2.78. The van der Waals surface area contributed by atoms with Gasteiger partial charge in [0, 0.05) is 10.7 Å². The Morgan fingerprint density at radius 2 is 1.83 bits per heavy atom. The Bertz CT molecular complexity index is 740. The van der Waals surface area contributed by atoms with Gasteiger partial charge in [-0.3, -0.25) is 4.79 Å². The lowest BCUT2D eigenvalue weighted by Gasteiger charge is -2.17. The summed E-state index contributed by atoms with van der Waals surface area (Å²) in [7, 11) is 0. The van der Waals surface area contributed by atoms with Gasteiger partial charge < -0.3 is 10.1 Å². The Hall–Kier alpha value is -2.00. The Kier molecular flexibility index (Phi) is 5.89. The first-order valence-electron chi connectivity index (χ1n) is 8.12. The third-order valence-electron chi connectivity index (χ3n) is 4.07. The van der Waals surface area contributed by atoms with E-state index in [9.17, 15) is 4.79 Å². The molecule has 0 radical (unpaired) electrons. The van der Waals surface area contributed by atoms with Crippen LogP contribution in [0.15, 0.2) is 36.4 Å². The maximum Gasteiger partial charge on any atom is 0.265 e. The van der Waals surface area contributed by atoms with Crippen LogP contribution in [-0.4, -0.2) is 12.0 Å². The molecule has 0 spiro atoms. The second-order valence-electron chi connectivity index (χ2n) is 6.33. The highest BCUT2D eigenvalue weighted by Crippen LogP contribution is 2.25. The van der Waals surface area contributed by atoms with E-state index < -0.39 is 6.10 Å². The summed E-state index contributed by atoms with van der Waals surface area (Å²) in [5.41, 5.74) is 4.00. The van der Waals surface area contributed by atoms with E-state index in [-0.39, 0.29) is 5.91 Å². The topological polar surface area (TPSA) is 38.3 Å². The smallest absolute Gasteiger partial charge is 0.265 e. The van der Waals surface area contributed by atoms with Crippen molar-refractivity contribution in [3.63, 3.8) is 0 Å². The zero-order valence-electron chi connectivity index (χ0n) is 14.8. The summed E-state index contributed by atoms with van der Waals surface area (Å²) in [6, 6.07) is 11.4. The molecule has 2 aromatic carbocycles. The van der Waals surface area contributed by atoms with E-state index in [4.69, 9.17) is 16.3 Å². The predicted molar refractivity (Wildman–Crippen MR) is 100 cm³/mol. The van der Waals surface area contributed by atoms with Crippen molar-refractivity contribution in [2.45, 2.75) is 46.6 Å². The second kappa shape index (κ2) is 7.71. The quantitative estimate of drug-likeness (QED) is 0.778. The zero-order chi connectivity index (χ0) is 17.9. The van der Waals surface area contributed by atoms with Crippen molar-refractivity contribution < 1.29 is 9.53 Å². The van der Waals surface area contributed by atoms with Gasteiger partial charge in [0.1, 0.15) is 5.75 Å². The molecule has 0 fully saturated rings. The molecule has 0 saturated heterocycles. The Morgan fingerprint density at radius 3 is 2.46 bits per heavy atom. The molecule has 0 aliphatic rings. The van der Waals surface area contributed by atoms with Gasteiger partial charge in [0.25, 0.3) is 5.91 Å². The normalized spacial score (nSPS) is 12.1. The number of ether oxygens (including phenoxy) is 1. The van der Waals surface area contributed by atoms with Crippen LogP contribution in [0.3, 0.4) is 0 Å². The first-order chi connectivity index (χ1) is 11.3. The lowest BCUT2D eigenvalue weighted by Crippen LogP contribution is -2.30. The maximum absolute atomic E-state index is 12.4. The fraction of sp³-hybridized carbons (Fsp3) is 0.350. The number of aryl methyl sites for hydroxylation is 1. The lowest BCUT2D eigenvalue weighted by molar-refractivity contribution is -0.122. The van der Waals surface area contributed by atoms with Crippen LogP contribution in [0.5, 0.6) is 5.75 Å². The summed E-state index contributed by atoms with van der Waals surface area (Å²) < 4.78 is 5.79. The molecule has 2 aromatic rings. The molecule has 1 atom stereocenters.